The highest BCUT2D eigenvalue weighted by atomic mass is 32.2. The normalized spacial score (nSPS) is 21.6. The minimum atomic E-state index is -0.324. The largest absolute Gasteiger partial charge is 0.341 e. The fourth-order valence-electron chi connectivity index (χ4n) is 3.09. The SMILES string of the molecule is O=C(Cc1cccc(F)c1)N1CCCN(C(=O)C2CSCN2)CC1. The number of carbonyl (C=O) groups excluding carboxylic acids is 2. The van der Waals surface area contributed by atoms with Gasteiger partial charge in [-0.1, -0.05) is 12.1 Å². The van der Waals surface area contributed by atoms with Crippen LogP contribution < -0.4 is 5.32 Å². The first kappa shape index (κ1) is 17.2. The monoisotopic (exact) mass is 351 g/mol. The molecule has 2 fully saturated rings. The molecule has 2 heterocycles. The van der Waals surface area contributed by atoms with E-state index in [1.54, 1.807) is 28.8 Å². The van der Waals surface area contributed by atoms with E-state index in [-0.39, 0.29) is 30.1 Å². The fourth-order valence-corrected chi connectivity index (χ4v) is 4.03. The second-order valence-corrected chi connectivity index (χ2v) is 7.17. The van der Waals surface area contributed by atoms with Crippen LogP contribution in [-0.2, 0) is 16.0 Å². The molecule has 1 atom stereocenters. The number of benzene rings is 1. The summed E-state index contributed by atoms with van der Waals surface area (Å²) in [5.74, 6) is 1.44. The molecule has 130 valence electrons. The van der Waals surface area contributed by atoms with E-state index in [2.05, 4.69) is 5.32 Å². The van der Waals surface area contributed by atoms with Crippen LogP contribution in [0.3, 0.4) is 0 Å². The van der Waals surface area contributed by atoms with E-state index in [0.29, 0.717) is 31.7 Å². The van der Waals surface area contributed by atoms with Gasteiger partial charge in [0.05, 0.1) is 12.5 Å². The summed E-state index contributed by atoms with van der Waals surface area (Å²) in [6, 6.07) is 6.06. The average Bonchev–Trinajstić information content (AvgIpc) is 2.98. The van der Waals surface area contributed by atoms with Crippen LogP contribution in [0.5, 0.6) is 0 Å². The van der Waals surface area contributed by atoms with E-state index < -0.39 is 0 Å². The number of hydrogen-bond acceptors (Lipinski definition) is 4. The minimum absolute atomic E-state index is 0.00977. The predicted molar refractivity (Wildman–Crippen MR) is 92.1 cm³/mol. The Balaban J connectivity index is 1.54. The van der Waals surface area contributed by atoms with Crippen molar-refractivity contribution in [1.29, 1.82) is 0 Å². The van der Waals surface area contributed by atoms with Gasteiger partial charge in [0.2, 0.25) is 11.8 Å². The molecule has 2 saturated heterocycles. The van der Waals surface area contributed by atoms with E-state index in [4.69, 9.17) is 0 Å². The van der Waals surface area contributed by atoms with Gasteiger partial charge in [-0.15, -0.1) is 11.8 Å². The molecular weight excluding hydrogens is 329 g/mol. The summed E-state index contributed by atoms with van der Waals surface area (Å²) in [6.07, 6.45) is 0.979. The number of halogens is 1. The van der Waals surface area contributed by atoms with Gasteiger partial charge >= 0.3 is 0 Å². The Kier molecular flexibility index (Phi) is 5.73. The summed E-state index contributed by atoms with van der Waals surface area (Å²) in [7, 11) is 0. The fraction of sp³-hybridized carbons (Fsp3) is 0.529. The van der Waals surface area contributed by atoms with Gasteiger partial charge in [0.1, 0.15) is 5.82 Å². The Hall–Kier alpha value is -1.60. The van der Waals surface area contributed by atoms with Gasteiger partial charge in [0.25, 0.3) is 0 Å². The number of amides is 2. The molecule has 1 aromatic rings. The molecule has 0 bridgehead atoms. The van der Waals surface area contributed by atoms with Gasteiger partial charge in [0, 0.05) is 37.8 Å². The van der Waals surface area contributed by atoms with Crippen LogP contribution >= 0.6 is 11.8 Å². The molecule has 1 aromatic carbocycles. The summed E-state index contributed by atoms with van der Waals surface area (Å²) in [4.78, 5) is 28.6. The first-order valence-electron chi connectivity index (χ1n) is 8.25. The van der Waals surface area contributed by atoms with Gasteiger partial charge in [-0.3, -0.25) is 14.9 Å². The highest BCUT2D eigenvalue weighted by Gasteiger charge is 2.29. The Morgan fingerprint density at radius 3 is 2.75 bits per heavy atom. The number of nitrogens with zero attached hydrogens (tertiary/aromatic N) is 2. The molecule has 1 unspecified atom stereocenters. The second-order valence-electron chi connectivity index (χ2n) is 6.14. The van der Waals surface area contributed by atoms with Crippen molar-refractivity contribution in [2.75, 3.05) is 37.8 Å². The topological polar surface area (TPSA) is 52.7 Å². The lowest BCUT2D eigenvalue weighted by atomic mass is 10.1. The number of thioether (sulfide) groups is 1. The predicted octanol–water partition coefficient (Wildman–Crippen LogP) is 1.09. The lowest BCUT2D eigenvalue weighted by Gasteiger charge is -2.24. The van der Waals surface area contributed by atoms with Crippen molar-refractivity contribution < 1.29 is 14.0 Å². The standard InChI is InChI=1S/C17H22FN3O2S/c18-14-4-1-3-13(9-14)10-16(22)20-5-2-6-21(8-7-20)17(23)15-11-24-12-19-15/h1,3-4,9,15,19H,2,5-8,10-12H2. The van der Waals surface area contributed by atoms with Gasteiger partial charge in [-0.25, -0.2) is 4.39 Å². The maximum Gasteiger partial charge on any atom is 0.240 e. The molecule has 24 heavy (non-hydrogen) atoms. The number of hydrogen-bond donors (Lipinski definition) is 1. The Bertz CT molecular complexity index is 607. The third kappa shape index (κ3) is 4.27. The maximum absolute atomic E-state index is 13.2. The lowest BCUT2D eigenvalue weighted by Crippen LogP contribution is -2.46. The van der Waals surface area contributed by atoms with Gasteiger partial charge in [0.15, 0.2) is 0 Å². The van der Waals surface area contributed by atoms with Crippen LogP contribution in [0.2, 0.25) is 0 Å². The van der Waals surface area contributed by atoms with Gasteiger partial charge < -0.3 is 9.80 Å². The van der Waals surface area contributed by atoms with Crippen LogP contribution in [-0.4, -0.2) is 65.5 Å². The summed E-state index contributed by atoms with van der Waals surface area (Å²) < 4.78 is 13.2. The smallest absolute Gasteiger partial charge is 0.240 e. The molecule has 0 aliphatic carbocycles. The van der Waals surface area contributed by atoms with Gasteiger partial charge in [-0.05, 0) is 24.1 Å². The number of carbonyl (C=O) groups is 2. The van der Waals surface area contributed by atoms with Crippen molar-refractivity contribution in [2.24, 2.45) is 0 Å². The van der Waals surface area contributed by atoms with Crippen molar-refractivity contribution >= 4 is 23.6 Å². The van der Waals surface area contributed by atoms with E-state index in [1.807, 2.05) is 4.90 Å². The van der Waals surface area contributed by atoms with E-state index in [0.717, 1.165) is 18.1 Å². The molecule has 0 saturated carbocycles. The van der Waals surface area contributed by atoms with Crippen molar-refractivity contribution in [3.8, 4) is 0 Å². The molecule has 7 heteroatoms. The van der Waals surface area contributed by atoms with Crippen LogP contribution in [0.25, 0.3) is 0 Å². The van der Waals surface area contributed by atoms with Crippen LogP contribution in [0, 0.1) is 5.82 Å². The second kappa shape index (κ2) is 7.98. The summed E-state index contributed by atoms with van der Waals surface area (Å²) >= 11 is 1.73. The Morgan fingerprint density at radius 2 is 2.00 bits per heavy atom. The van der Waals surface area contributed by atoms with Crippen LogP contribution in [0.4, 0.5) is 4.39 Å². The maximum atomic E-state index is 13.2. The quantitative estimate of drug-likeness (QED) is 0.886. The third-order valence-corrected chi connectivity index (χ3v) is 5.36. The Morgan fingerprint density at radius 1 is 1.21 bits per heavy atom. The van der Waals surface area contributed by atoms with E-state index in [1.165, 1.54) is 12.1 Å². The molecule has 2 aliphatic heterocycles. The van der Waals surface area contributed by atoms with Gasteiger partial charge in [-0.2, -0.15) is 0 Å². The van der Waals surface area contributed by atoms with E-state index in [9.17, 15) is 14.0 Å². The molecule has 2 amide bonds. The van der Waals surface area contributed by atoms with E-state index >= 15 is 0 Å². The average molecular weight is 351 g/mol. The van der Waals surface area contributed by atoms with Crippen molar-refractivity contribution in [1.82, 2.24) is 15.1 Å². The molecule has 0 aromatic heterocycles. The summed E-state index contributed by atoms with van der Waals surface area (Å²) in [6.45, 7) is 2.44. The zero-order chi connectivity index (χ0) is 16.9. The third-order valence-electron chi connectivity index (χ3n) is 4.42. The van der Waals surface area contributed by atoms with Crippen LogP contribution in [0.1, 0.15) is 12.0 Å². The molecular formula is C17H22FN3O2S. The summed E-state index contributed by atoms with van der Waals surface area (Å²) in [5.41, 5.74) is 0.685. The zero-order valence-corrected chi connectivity index (χ0v) is 14.4. The molecule has 1 N–H and O–H groups in total. The summed E-state index contributed by atoms with van der Waals surface area (Å²) in [5, 5.41) is 3.20. The Labute approximate surface area is 145 Å². The molecule has 2 aliphatic rings. The van der Waals surface area contributed by atoms with Crippen molar-refractivity contribution in [2.45, 2.75) is 18.9 Å². The molecule has 5 nitrogen and oxygen atoms in total. The highest BCUT2D eigenvalue weighted by molar-refractivity contribution is 7.99. The minimum Gasteiger partial charge on any atom is -0.341 e. The van der Waals surface area contributed by atoms with Crippen molar-refractivity contribution in [3.05, 3.63) is 35.6 Å². The lowest BCUT2D eigenvalue weighted by molar-refractivity contribution is -0.134. The highest BCUT2D eigenvalue weighted by Crippen LogP contribution is 2.14. The molecule has 0 spiro atoms. The first-order valence-corrected chi connectivity index (χ1v) is 9.41. The first-order chi connectivity index (χ1) is 11.6. The number of nitrogens with one attached hydrogen (secondary N) is 1. The molecule has 3 rings (SSSR count). The molecule has 0 radical (unpaired) electrons. The zero-order valence-electron chi connectivity index (χ0n) is 13.5. The number of rotatable bonds is 3. The van der Waals surface area contributed by atoms with Crippen LogP contribution in [0.15, 0.2) is 24.3 Å². The van der Waals surface area contributed by atoms with Crippen molar-refractivity contribution in [3.63, 3.8) is 0 Å².